The maximum Gasteiger partial charge on any atom is 0.255 e. The lowest BCUT2D eigenvalue weighted by atomic mass is 9.69. The fourth-order valence-corrected chi connectivity index (χ4v) is 8.26. The molecule has 0 unspecified atom stereocenters. The Morgan fingerprint density at radius 2 is 1.81 bits per heavy atom. The van der Waals surface area contributed by atoms with Crippen LogP contribution < -0.4 is 5.32 Å². The van der Waals surface area contributed by atoms with Crippen LogP contribution in [0.15, 0.2) is 41.3 Å². The van der Waals surface area contributed by atoms with Crippen LogP contribution in [0, 0.1) is 29.4 Å². The molecule has 2 aromatic carbocycles. The third kappa shape index (κ3) is 4.54. The normalized spacial score (nSPS) is 29.6. The number of nitrogens with one attached hydrogen (secondary N) is 1. The highest BCUT2D eigenvalue weighted by Gasteiger charge is 2.62. The number of aliphatic hydroxyl groups is 3. The average molecular weight is 544 g/mol. The zero-order valence-electron chi connectivity index (χ0n) is 19.7. The van der Waals surface area contributed by atoms with E-state index in [1.165, 1.54) is 25.1 Å². The molecule has 2 fully saturated rings. The molecule has 0 radical (unpaired) electrons. The Bertz CT molecular complexity index is 1290. The Balaban J connectivity index is 1.61. The summed E-state index contributed by atoms with van der Waals surface area (Å²) in [7, 11) is -4.06. The fourth-order valence-electron chi connectivity index (χ4n) is 5.88. The van der Waals surface area contributed by atoms with Crippen molar-refractivity contribution in [3.05, 3.63) is 58.6 Å². The number of rotatable bonds is 6. The van der Waals surface area contributed by atoms with Gasteiger partial charge in [0.05, 0.1) is 26.9 Å². The number of benzene rings is 2. The van der Waals surface area contributed by atoms with E-state index in [2.05, 4.69) is 5.32 Å². The zero-order chi connectivity index (χ0) is 26.6. The SMILES string of the molecule is C[C@H](O)[C@@H](O)[C@@]1(O)[C@H]2C[C@@H](S(=O)(=O)c3cc(C(=O)Nc4ccc(F)c(F)c4)ccc3Cl)C[C@@H]1[C@@H](C)C2. The first-order valence-electron chi connectivity index (χ1n) is 11.6. The van der Waals surface area contributed by atoms with Crippen LogP contribution >= 0.6 is 11.6 Å². The number of halogens is 3. The van der Waals surface area contributed by atoms with Crippen LogP contribution in [0.25, 0.3) is 0 Å². The van der Waals surface area contributed by atoms with Crippen LogP contribution in [0.4, 0.5) is 14.5 Å². The van der Waals surface area contributed by atoms with Gasteiger partial charge in [0.25, 0.3) is 5.91 Å². The number of fused-ring (bicyclic) bond motifs is 2. The van der Waals surface area contributed by atoms with E-state index in [1.54, 1.807) is 0 Å². The molecule has 7 nitrogen and oxygen atoms in total. The minimum Gasteiger partial charge on any atom is -0.391 e. The maximum atomic E-state index is 13.7. The van der Waals surface area contributed by atoms with E-state index >= 15 is 0 Å². The van der Waals surface area contributed by atoms with E-state index < -0.39 is 62.3 Å². The van der Waals surface area contributed by atoms with Crippen molar-refractivity contribution in [3.63, 3.8) is 0 Å². The highest BCUT2D eigenvalue weighted by atomic mass is 35.5. The first-order valence-corrected chi connectivity index (χ1v) is 13.6. The second kappa shape index (κ2) is 9.64. The quantitative estimate of drug-likeness (QED) is 0.442. The van der Waals surface area contributed by atoms with Crippen LogP contribution in [0.3, 0.4) is 0 Å². The molecule has 196 valence electrons. The number of hydrogen-bond donors (Lipinski definition) is 4. The van der Waals surface area contributed by atoms with Crippen LogP contribution in [0.2, 0.25) is 5.02 Å². The fraction of sp³-hybridized carbons (Fsp3) is 0.480. The third-order valence-electron chi connectivity index (χ3n) is 7.70. The molecule has 0 aromatic heterocycles. The minimum atomic E-state index is -4.06. The van der Waals surface area contributed by atoms with E-state index in [0.717, 1.165) is 18.2 Å². The Hall–Kier alpha value is -2.11. The molecule has 0 heterocycles. The van der Waals surface area contributed by atoms with Gasteiger partial charge in [0.1, 0.15) is 6.10 Å². The Morgan fingerprint density at radius 3 is 2.42 bits per heavy atom. The molecule has 2 aromatic rings. The number of aliphatic hydroxyl groups excluding tert-OH is 2. The van der Waals surface area contributed by atoms with Gasteiger partial charge in [-0.15, -0.1) is 0 Å². The highest BCUT2D eigenvalue weighted by Crippen LogP contribution is 2.56. The van der Waals surface area contributed by atoms with Crippen molar-refractivity contribution in [2.45, 2.75) is 61.1 Å². The van der Waals surface area contributed by atoms with Gasteiger partial charge in [-0.3, -0.25) is 4.79 Å². The third-order valence-corrected chi connectivity index (χ3v) is 10.4. The van der Waals surface area contributed by atoms with Gasteiger partial charge in [-0.25, -0.2) is 17.2 Å². The van der Waals surface area contributed by atoms with Crippen molar-refractivity contribution in [1.82, 2.24) is 0 Å². The minimum absolute atomic E-state index is 0.00736. The summed E-state index contributed by atoms with van der Waals surface area (Å²) in [6.45, 7) is 3.27. The Kier molecular flexibility index (Phi) is 7.22. The van der Waals surface area contributed by atoms with Gasteiger partial charge < -0.3 is 20.6 Å². The number of anilines is 1. The second-order valence-corrected chi connectivity index (χ2v) is 12.6. The van der Waals surface area contributed by atoms with Crippen LogP contribution in [0.5, 0.6) is 0 Å². The predicted octanol–water partition coefficient (Wildman–Crippen LogP) is 3.55. The number of carbonyl (C=O) groups is 1. The topological polar surface area (TPSA) is 124 Å². The molecular weight excluding hydrogens is 516 g/mol. The number of carbonyl (C=O) groups excluding carboxylic acids is 1. The molecule has 0 aliphatic heterocycles. The summed E-state index contributed by atoms with van der Waals surface area (Å²) in [5, 5.41) is 33.2. The summed E-state index contributed by atoms with van der Waals surface area (Å²) in [6, 6.07) is 6.58. The van der Waals surface area contributed by atoms with Crippen molar-refractivity contribution in [3.8, 4) is 0 Å². The molecule has 4 N–H and O–H groups in total. The van der Waals surface area contributed by atoms with Gasteiger partial charge in [0, 0.05) is 17.3 Å². The van der Waals surface area contributed by atoms with Gasteiger partial charge in [-0.1, -0.05) is 18.5 Å². The first kappa shape index (κ1) is 26.9. The molecular formula is C25H28ClF2NO6S. The van der Waals surface area contributed by atoms with Gasteiger partial charge in [-0.2, -0.15) is 0 Å². The van der Waals surface area contributed by atoms with Crippen LogP contribution in [-0.4, -0.2) is 52.7 Å². The lowest BCUT2D eigenvalue weighted by Crippen LogP contribution is -2.59. The highest BCUT2D eigenvalue weighted by molar-refractivity contribution is 7.92. The molecule has 7 atom stereocenters. The van der Waals surface area contributed by atoms with Gasteiger partial charge >= 0.3 is 0 Å². The summed E-state index contributed by atoms with van der Waals surface area (Å²) in [5.41, 5.74) is -1.65. The van der Waals surface area contributed by atoms with E-state index in [9.17, 15) is 37.3 Å². The van der Waals surface area contributed by atoms with Gasteiger partial charge in [0.2, 0.25) is 0 Å². The lowest BCUT2D eigenvalue weighted by molar-refractivity contribution is -0.175. The number of amides is 1. The summed E-state index contributed by atoms with van der Waals surface area (Å²) >= 11 is 6.24. The summed E-state index contributed by atoms with van der Waals surface area (Å²) in [4.78, 5) is 12.5. The van der Waals surface area contributed by atoms with Crippen molar-refractivity contribution < 1.29 is 37.3 Å². The van der Waals surface area contributed by atoms with Crippen molar-refractivity contribution in [2.75, 3.05) is 5.32 Å². The summed E-state index contributed by atoms with van der Waals surface area (Å²) < 4.78 is 54.0. The van der Waals surface area contributed by atoms with E-state index in [0.29, 0.717) is 6.42 Å². The van der Waals surface area contributed by atoms with E-state index in [1.807, 2.05) is 6.92 Å². The van der Waals surface area contributed by atoms with E-state index in [4.69, 9.17) is 11.6 Å². The smallest absolute Gasteiger partial charge is 0.255 e. The molecule has 2 bridgehead atoms. The molecule has 2 saturated carbocycles. The largest absolute Gasteiger partial charge is 0.391 e. The molecule has 0 spiro atoms. The molecule has 1 amide bonds. The molecule has 0 saturated heterocycles. The van der Waals surface area contributed by atoms with Crippen LogP contribution in [0.1, 0.15) is 43.5 Å². The molecule has 11 heteroatoms. The monoisotopic (exact) mass is 543 g/mol. The van der Waals surface area contributed by atoms with Crippen molar-refractivity contribution >= 4 is 33.0 Å². The standard InChI is InChI=1S/C25H28ClF2NO6S/c1-12-7-15-9-17(11-18(12)25(15,33)23(31)13(2)30)36(34,35)22-8-14(3-5-19(22)26)24(32)29-16-4-6-20(27)21(28)10-16/h3-6,8,10,12-13,15,17-18,23,30-31,33H,7,9,11H2,1-2H3,(H,29,32)/t12-,13-,15+,17+,18+,23+,25+/m0/s1. The molecule has 36 heavy (non-hydrogen) atoms. The van der Waals surface area contributed by atoms with Gasteiger partial charge in [-0.05, 0) is 74.3 Å². The number of sulfone groups is 1. The first-order chi connectivity index (χ1) is 16.8. The van der Waals surface area contributed by atoms with Gasteiger partial charge in [0.15, 0.2) is 21.5 Å². The molecule has 2 aliphatic rings. The number of hydrogen-bond acceptors (Lipinski definition) is 6. The maximum absolute atomic E-state index is 13.7. The van der Waals surface area contributed by atoms with Crippen LogP contribution in [-0.2, 0) is 9.84 Å². The predicted molar refractivity (Wildman–Crippen MR) is 129 cm³/mol. The molecule has 4 rings (SSSR count). The Morgan fingerprint density at radius 1 is 1.11 bits per heavy atom. The van der Waals surface area contributed by atoms with E-state index in [-0.39, 0.29) is 39.9 Å². The summed E-state index contributed by atoms with van der Waals surface area (Å²) in [6.07, 6.45) is -1.97. The zero-order valence-corrected chi connectivity index (χ0v) is 21.2. The second-order valence-electron chi connectivity index (χ2n) is 9.96. The average Bonchev–Trinajstić information content (AvgIpc) is 2.94. The van der Waals surface area contributed by atoms with Crippen molar-refractivity contribution in [1.29, 1.82) is 0 Å². The Labute approximate surface area is 213 Å². The van der Waals surface area contributed by atoms with Crippen molar-refractivity contribution in [2.24, 2.45) is 17.8 Å². The molecule has 2 aliphatic carbocycles. The summed E-state index contributed by atoms with van der Waals surface area (Å²) in [5.74, 6) is -4.13. The lowest BCUT2D eigenvalue weighted by Gasteiger charge is -2.46.